The summed E-state index contributed by atoms with van der Waals surface area (Å²) in [6.07, 6.45) is 7.68. The molecular formula is C23H23N3O2. The average molecular weight is 373 g/mol. The molecule has 1 aromatic carbocycles. The summed E-state index contributed by atoms with van der Waals surface area (Å²) >= 11 is 0. The van der Waals surface area contributed by atoms with Crippen molar-refractivity contribution in [2.24, 2.45) is 5.92 Å². The van der Waals surface area contributed by atoms with Gasteiger partial charge in [-0.1, -0.05) is 18.2 Å². The van der Waals surface area contributed by atoms with Gasteiger partial charge in [0, 0.05) is 61.3 Å². The molecule has 2 aliphatic rings. The molecule has 0 radical (unpaired) electrons. The van der Waals surface area contributed by atoms with Crippen molar-refractivity contribution in [3.63, 3.8) is 0 Å². The molecule has 3 aromatic rings. The Balaban J connectivity index is 1.22. The summed E-state index contributed by atoms with van der Waals surface area (Å²) in [5.41, 5.74) is 3.12. The zero-order chi connectivity index (χ0) is 18.9. The summed E-state index contributed by atoms with van der Waals surface area (Å²) < 4.78 is 6.06. The monoisotopic (exact) mass is 373 g/mol. The van der Waals surface area contributed by atoms with Crippen molar-refractivity contribution in [1.29, 1.82) is 0 Å². The van der Waals surface area contributed by atoms with Crippen LogP contribution in [-0.2, 0) is 4.79 Å². The van der Waals surface area contributed by atoms with Crippen LogP contribution in [-0.4, -0.2) is 40.0 Å². The molecule has 1 saturated heterocycles. The summed E-state index contributed by atoms with van der Waals surface area (Å²) in [5.74, 6) is 1.29. The van der Waals surface area contributed by atoms with Crippen LogP contribution in [0.2, 0.25) is 0 Å². The third-order valence-electron chi connectivity index (χ3n) is 5.64. The van der Waals surface area contributed by atoms with Gasteiger partial charge in [-0.25, -0.2) is 4.98 Å². The molecule has 0 N–H and O–H groups in total. The zero-order valence-corrected chi connectivity index (χ0v) is 15.8. The van der Waals surface area contributed by atoms with Crippen LogP contribution in [0.5, 0.6) is 5.88 Å². The fourth-order valence-electron chi connectivity index (χ4n) is 3.82. The molecule has 5 nitrogen and oxygen atoms in total. The number of likely N-dealkylation sites (tertiary alicyclic amines) is 1. The second kappa shape index (κ2) is 7.23. The van der Waals surface area contributed by atoms with Gasteiger partial charge in [-0.3, -0.25) is 9.78 Å². The standard InChI is InChI=1S/C23H23N3O2/c27-23(17-4-5-17)26-12-9-20(10-13-26)28-22-8-7-19(15-25-22)18-6-3-16-2-1-11-24-21(16)14-18/h1-3,6-8,11,14-15,17,20H,4-5,9-10,12-13H2. The number of amides is 1. The van der Waals surface area contributed by atoms with Gasteiger partial charge in [0.05, 0.1) is 5.52 Å². The molecule has 2 aromatic heterocycles. The molecule has 1 saturated carbocycles. The van der Waals surface area contributed by atoms with E-state index in [2.05, 4.69) is 34.2 Å². The molecule has 142 valence electrons. The quantitative estimate of drug-likeness (QED) is 0.692. The summed E-state index contributed by atoms with van der Waals surface area (Å²) in [6, 6.07) is 14.2. The molecule has 1 aliphatic heterocycles. The molecule has 0 atom stereocenters. The Morgan fingerprint density at radius 3 is 2.54 bits per heavy atom. The number of hydrogen-bond donors (Lipinski definition) is 0. The molecule has 0 spiro atoms. The normalized spacial score (nSPS) is 17.6. The highest BCUT2D eigenvalue weighted by Crippen LogP contribution is 2.32. The van der Waals surface area contributed by atoms with Crippen LogP contribution >= 0.6 is 0 Å². The van der Waals surface area contributed by atoms with E-state index in [1.807, 2.05) is 35.5 Å². The van der Waals surface area contributed by atoms with Gasteiger partial charge in [-0.05, 0) is 36.6 Å². The van der Waals surface area contributed by atoms with E-state index in [9.17, 15) is 4.79 Å². The van der Waals surface area contributed by atoms with Crippen LogP contribution in [0.15, 0.2) is 54.9 Å². The fourth-order valence-corrected chi connectivity index (χ4v) is 3.82. The minimum atomic E-state index is 0.131. The molecular weight excluding hydrogens is 350 g/mol. The van der Waals surface area contributed by atoms with Crippen molar-refractivity contribution in [2.45, 2.75) is 31.8 Å². The van der Waals surface area contributed by atoms with Gasteiger partial charge in [0.1, 0.15) is 6.10 Å². The third kappa shape index (κ3) is 3.57. The van der Waals surface area contributed by atoms with Crippen LogP contribution < -0.4 is 4.74 Å². The number of hydrogen-bond acceptors (Lipinski definition) is 4. The Bertz CT molecular complexity index is 990. The summed E-state index contributed by atoms with van der Waals surface area (Å²) in [4.78, 5) is 23.1. The molecule has 5 rings (SSSR count). The van der Waals surface area contributed by atoms with E-state index in [0.717, 1.165) is 60.8 Å². The number of aromatic nitrogens is 2. The van der Waals surface area contributed by atoms with Crippen LogP contribution in [0.3, 0.4) is 0 Å². The van der Waals surface area contributed by atoms with Crippen LogP contribution in [0.25, 0.3) is 22.0 Å². The van der Waals surface area contributed by atoms with Gasteiger partial charge < -0.3 is 9.64 Å². The van der Waals surface area contributed by atoms with E-state index in [1.54, 1.807) is 0 Å². The maximum Gasteiger partial charge on any atom is 0.225 e. The molecule has 5 heteroatoms. The number of benzene rings is 1. The number of nitrogens with zero attached hydrogens (tertiary/aromatic N) is 3. The predicted octanol–water partition coefficient (Wildman–Crippen LogP) is 4.08. The van der Waals surface area contributed by atoms with Gasteiger partial charge in [-0.2, -0.15) is 0 Å². The first-order chi connectivity index (χ1) is 13.8. The van der Waals surface area contributed by atoms with Crippen LogP contribution in [0, 0.1) is 5.92 Å². The van der Waals surface area contributed by atoms with Crippen molar-refractivity contribution >= 4 is 16.8 Å². The summed E-state index contributed by atoms with van der Waals surface area (Å²) in [5, 5.41) is 1.13. The lowest BCUT2D eigenvalue weighted by Gasteiger charge is -2.32. The van der Waals surface area contributed by atoms with Gasteiger partial charge in [-0.15, -0.1) is 0 Å². The highest BCUT2D eigenvalue weighted by molar-refractivity contribution is 5.84. The number of ether oxygens (including phenoxy) is 1. The van der Waals surface area contributed by atoms with E-state index >= 15 is 0 Å². The van der Waals surface area contributed by atoms with Crippen molar-refractivity contribution in [3.8, 4) is 17.0 Å². The fraction of sp³-hybridized carbons (Fsp3) is 0.348. The first kappa shape index (κ1) is 17.2. The number of fused-ring (bicyclic) bond motifs is 1. The Morgan fingerprint density at radius 1 is 0.964 bits per heavy atom. The van der Waals surface area contributed by atoms with Crippen molar-refractivity contribution in [3.05, 3.63) is 54.9 Å². The number of carbonyl (C=O) groups excluding carboxylic acids is 1. The lowest BCUT2D eigenvalue weighted by molar-refractivity contribution is -0.134. The van der Waals surface area contributed by atoms with Gasteiger partial charge in [0.25, 0.3) is 0 Å². The second-order valence-electron chi connectivity index (χ2n) is 7.71. The molecule has 28 heavy (non-hydrogen) atoms. The number of piperidine rings is 1. The Labute approximate surface area is 164 Å². The second-order valence-corrected chi connectivity index (χ2v) is 7.71. The molecule has 2 fully saturated rings. The van der Waals surface area contributed by atoms with E-state index < -0.39 is 0 Å². The average Bonchev–Trinajstić information content (AvgIpc) is 3.59. The van der Waals surface area contributed by atoms with Crippen LogP contribution in [0.1, 0.15) is 25.7 Å². The smallest absolute Gasteiger partial charge is 0.225 e. The number of pyridine rings is 2. The molecule has 0 bridgehead atoms. The van der Waals surface area contributed by atoms with E-state index in [0.29, 0.717) is 17.7 Å². The Hall–Kier alpha value is -2.95. The van der Waals surface area contributed by atoms with E-state index in [-0.39, 0.29) is 6.10 Å². The lowest BCUT2D eigenvalue weighted by atomic mass is 10.1. The van der Waals surface area contributed by atoms with Crippen molar-refractivity contribution in [1.82, 2.24) is 14.9 Å². The largest absolute Gasteiger partial charge is 0.474 e. The minimum absolute atomic E-state index is 0.131. The maximum atomic E-state index is 12.1. The van der Waals surface area contributed by atoms with Gasteiger partial charge in [0.2, 0.25) is 11.8 Å². The number of rotatable bonds is 4. The summed E-state index contributed by atoms with van der Waals surface area (Å²) in [7, 11) is 0. The lowest BCUT2D eigenvalue weighted by Crippen LogP contribution is -2.42. The predicted molar refractivity (Wildman–Crippen MR) is 108 cm³/mol. The van der Waals surface area contributed by atoms with Gasteiger partial charge >= 0.3 is 0 Å². The minimum Gasteiger partial charge on any atom is -0.474 e. The third-order valence-corrected chi connectivity index (χ3v) is 5.64. The van der Waals surface area contributed by atoms with E-state index in [4.69, 9.17) is 4.74 Å². The van der Waals surface area contributed by atoms with Crippen molar-refractivity contribution in [2.75, 3.05) is 13.1 Å². The first-order valence-corrected chi connectivity index (χ1v) is 10.0. The molecule has 1 amide bonds. The number of carbonyl (C=O) groups is 1. The molecule has 3 heterocycles. The topological polar surface area (TPSA) is 55.3 Å². The van der Waals surface area contributed by atoms with E-state index in [1.165, 1.54) is 0 Å². The Morgan fingerprint density at radius 2 is 1.79 bits per heavy atom. The van der Waals surface area contributed by atoms with Gasteiger partial charge in [0.15, 0.2) is 0 Å². The zero-order valence-electron chi connectivity index (χ0n) is 15.8. The highest BCUT2D eigenvalue weighted by atomic mass is 16.5. The van der Waals surface area contributed by atoms with Crippen LogP contribution in [0.4, 0.5) is 0 Å². The SMILES string of the molecule is O=C(C1CC1)N1CCC(Oc2ccc(-c3ccc4cccnc4c3)cn2)CC1. The van der Waals surface area contributed by atoms with Crippen molar-refractivity contribution < 1.29 is 9.53 Å². The first-order valence-electron chi connectivity index (χ1n) is 10.0. The maximum absolute atomic E-state index is 12.1. The highest BCUT2D eigenvalue weighted by Gasteiger charge is 2.35. The molecule has 1 aliphatic carbocycles. The Kier molecular flexibility index (Phi) is 4.43. The molecule has 0 unspecified atom stereocenters. The summed E-state index contributed by atoms with van der Waals surface area (Å²) in [6.45, 7) is 1.59.